The Morgan fingerprint density at radius 1 is 1.07 bits per heavy atom. The molecular formula is C22H29N3O3. The summed E-state index contributed by atoms with van der Waals surface area (Å²) in [4.78, 5) is 16.5. The predicted octanol–water partition coefficient (Wildman–Crippen LogP) is 4.51. The number of hydrogen-bond donors (Lipinski definition) is 2. The molecule has 0 spiro atoms. The summed E-state index contributed by atoms with van der Waals surface area (Å²) in [5.74, 6) is 2.26. The van der Waals surface area contributed by atoms with Crippen molar-refractivity contribution in [3.8, 4) is 11.5 Å². The number of amidine groups is 1. The molecule has 6 nitrogen and oxygen atoms in total. The first-order valence-electron chi connectivity index (χ1n) is 9.46. The Balaban J connectivity index is 1.99. The smallest absolute Gasteiger partial charge is 0.347 e. The number of nitrogens with zero attached hydrogens (tertiary/aromatic N) is 1. The van der Waals surface area contributed by atoms with Crippen molar-refractivity contribution < 1.29 is 14.3 Å². The number of anilines is 1. The van der Waals surface area contributed by atoms with Crippen molar-refractivity contribution in [3.05, 3.63) is 54.1 Å². The van der Waals surface area contributed by atoms with Crippen LogP contribution < -0.4 is 20.1 Å². The molecule has 150 valence electrons. The number of ether oxygens (including phenoxy) is 2. The average molecular weight is 383 g/mol. The van der Waals surface area contributed by atoms with Crippen LogP contribution in [-0.4, -0.2) is 32.6 Å². The van der Waals surface area contributed by atoms with Crippen LogP contribution in [0.1, 0.15) is 25.8 Å². The molecule has 0 heterocycles. The lowest BCUT2D eigenvalue weighted by molar-refractivity contribution is 0.259. The van der Waals surface area contributed by atoms with Crippen molar-refractivity contribution in [2.45, 2.75) is 26.7 Å². The minimum absolute atomic E-state index is 0.159. The summed E-state index contributed by atoms with van der Waals surface area (Å²) in [5.41, 5.74) is 1.84. The lowest BCUT2D eigenvalue weighted by atomic mass is 10.1. The molecule has 0 aliphatic carbocycles. The molecule has 1 unspecified atom stereocenters. The minimum atomic E-state index is -0.375. The van der Waals surface area contributed by atoms with Gasteiger partial charge in [-0.15, -0.1) is 0 Å². The molecule has 2 aromatic rings. The zero-order valence-corrected chi connectivity index (χ0v) is 17.0. The molecule has 2 N–H and O–H groups in total. The molecule has 0 bridgehead atoms. The van der Waals surface area contributed by atoms with Crippen molar-refractivity contribution in [1.29, 1.82) is 0 Å². The SMILES string of the molecule is CCC(C)/C(=N\C(=O)Nc1ccccc1)NCCc1ccc(OC)c(OC)c1. The van der Waals surface area contributed by atoms with Crippen LogP contribution in [-0.2, 0) is 6.42 Å². The second kappa shape index (κ2) is 11.0. The van der Waals surface area contributed by atoms with Crippen molar-refractivity contribution in [3.63, 3.8) is 0 Å². The van der Waals surface area contributed by atoms with Gasteiger partial charge in [0.1, 0.15) is 5.84 Å². The lowest BCUT2D eigenvalue weighted by Crippen LogP contribution is -2.32. The summed E-state index contributed by atoms with van der Waals surface area (Å²) >= 11 is 0. The summed E-state index contributed by atoms with van der Waals surface area (Å²) < 4.78 is 10.6. The normalized spacial score (nSPS) is 12.2. The van der Waals surface area contributed by atoms with E-state index in [1.165, 1.54) is 0 Å². The van der Waals surface area contributed by atoms with Crippen molar-refractivity contribution in [1.82, 2.24) is 5.32 Å². The van der Waals surface area contributed by atoms with E-state index in [1.54, 1.807) is 14.2 Å². The molecule has 2 aromatic carbocycles. The van der Waals surface area contributed by atoms with Gasteiger partial charge in [0.2, 0.25) is 0 Å². The summed E-state index contributed by atoms with van der Waals surface area (Å²) in [6, 6.07) is 14.8. The van der Waals surface area contributed by atoms with Gasteiger partial charge in [0.25, 0.3) is 0 Å². The van der Waals surface area contributed by atoms with Gasteiger partial charge in [-0.1, -0.05) is 38.1 Å². The number of aliphatic imine (C=N–C) groups is 1. The van der Waals surface area contributed by atoms with E-state index in [9.17, 15) is 4.79 Å². The van der Waals surface area contributed by atoms with Gasteiger partial charge in [-0.25, -0.2) is 4.79 Å². The number of methoxy groups -OCH3 is 2. The quantitative estimate of drug-likeness (QED) is 0.520. The highest BCUT2D eigenvalue weighted by Crippen LogP contribution is 2.27. The Morgan fingerprint density at radius 3 is 2.43 bits per heavy atom. The third kappa shape index (κ3) is 6.30. The number of amides is 2. The zero-order chi connectivity index (χ0) is 20.4. The highest BCUT2D eigenvalue weighted by atomic mass is 16.5. The highest BCUT2D eigenvalue weighted by molar-refractivity contribution is 6.00. The number of urea groups is 1. The van der Waals surface area contributed by atoms with Gasteiger partial charge in [0.05, 0.1) is 14.2 Å². The Labute approximate surface area is 167 Å². The first-order chi connectivity index (χ1) is 13.6. The number of benzene rings is 2. The molecule has 0 saturated carbocycles. The van der Waals surface area contributed by atoms with Crippen LogP contribution in [0, 0.1) is 5.92 Å². The van der Waals surface area contributed by atoms with Crippen LogP contribution >= 0.6 is 0 Å². The maximum Gasteiger partial charge on any atom is 0.347 e. The van der Waals surface area contributed by atoms with Crippen molar-refractivity contribution in [2.75, 3.05) is 26.1 Å². The fourth-order valence-electron chi connectivity index (χ4n) is 2.67. The molecule has 28 heavy (non-hydrogen) atoms. The molecule has 2 amide bonds. The first-order valence-corrected chi connectivity index (χ1v) is 9.46. The molecule has 0 aromatic heterocycles. The number of carbonyl (C=O) groups excluding carboxylic acids is 1. The molecule has 6 heteroatoms. The molecule has 0 radical (unpaired) electrons. The number of para-hydroxylation sites is 1. The van der Waals surface area contributed by atoms with Crippen LogP contribution in [0.4, 0.5) is 10.5 Å². The summed E-state index contributed by atoms with van der Waals surface area (Å²) in [5, 5.41) is 6.11. The Hall–Kier alpha value is -3.02. The van der Waals surface area contributed by atoms with E-state index in [-0.39, 0.29) is 11.9 Å². The molecular weight excluding hydrogens is 354 g/mol. The standard InChI is InChI=1S/C22H29N3O3/c1-5-16(2)21(25-22(26)24-18-9-7-6-8-10-18)23-14-13-17-11-12-19(27-3)20(15-17)28-4/h6-12,15-16H,5,13-14H2,1-4H3,(H2,23,24,25,26). The molecule has 2 rings (SSSR count). The monoisotopic (exact) mass is 383 g/mol. The van der Waals surface area contributed by atoms with Gasteiger partial charge in [0, 0.05) is 18.2 Å². The van der Waals surface area contributed by atoms with E-state index in [4.69, 9.17) is 9.47 Å². The van der Waals surface area contributed by atoms with E-state index in [0.29, 0.717) is 23.9 Å². The maximum absolute atomic E-state index is 12.3. The predicted molar refractivity (Wildman–Crippen MR) is 114 cm³/mol. The Kier molecular flexibility index (Phi) is 8.34. The van der Waals surface area contributed by atoms with Crippen molar-refractivity contribution >= 4 is 17.6 Å². The number of nitrogens with one attached hydrogen (secondary N) is 2. The van der Waals surface area contributed by atoms with Crippen LogP contribution in [0.3, 0.4) is 0 Å². The number of rotatable bonds is 8. The summed E-state index contributed by atoms with van der Waals surface area (Å²) in [7, 11) is 3.24. The van der Waals surface area contributed by atoms with Crippen LogP contribution in [0.2, 0.25) is 0 Å². The third-order valence-electron chi connectivity index (χ3n) is 4.49. The van der Waals surface area contributed by atoms with E-state index in [0.717, 1.165) is 24.1 Å². The van der Waals surface area contributed by atoms with E-state index >= 15 is 0 Å². The second-order valence-electron chi connectivity index (χ2n) is 6.47. The first kappa shape index (κ1) is 21.3. The summed E-state index contributed by atoms with van der Waals surface area (Å²) in [6.07, 6.45) is 1.66. The fourth-order valence-corrected chi connectivity index (χ4v) is 2.67. The number of hydrogen-bond acceptors (Lipinski definition) is 3. The van der Waals surface area contributed by atoms with E-state index in [1.807, 2.05) is 48.5 Å². The average Bonchev–Trinajstić information content (AvgIpc) is 2.72. The third-order valence-corrected chi connectivity index (χ3v) is 4.49. The summed E-state index contributed by atoms with van der Waals surface area (Å²) in [6.45, 7) is 4.79. The maximum atomic E-state index is 12.3. The fraction of sp³-hybridized carbons (Fsp3) is 0.364. The van der Waals surface area contributed by atoms with Gasteiger partial charge in [-0.05, 0) is 42.7 Å². The van der Waals surface area contributed by atoms with Gasteiger partial charge in [0.15, 0.2) is 11.5 Å². The largest absolute Gasteiger partial charge is 0.493 e. The molecule has 0 aliphatic heterocycles. The van der Waals surface area contributed by atoms with Crippen LogP contribution in [0.5, 0.6) is 11.5 Å². The van der Waals surface area contributed by atoms with Crippen LogP contribution in [0.25, 0.3) is 0 Å². The minimum Gasteiger partial charge on any atom is -0.493 e. The van der Waals surface area contributed by atoms with Gasteiger partial charge >= 0.3 is 6.03 Å². The van der Waals surface area contributed by atoms with Gasteiger partial charge < -0.3 is 20.1 Å². The Morgan fingerprint density at radius 2 is 1.79 bits per heavy atom. The van der Waals surface area contributed by atoms with E-state index in [2.05, 4.69) is 29.5 Å². The topological polar surface area (TPSA) is 72.0 Å². The molecule has 0 fully saturated rings. The Bertz CT molecular complexity index is 791. The lowest BCUT2D eigenvalue weighted by Gasteiger charge is -2.16. The highest BCUT2D eigenvalue weighted by Gasteiger charge is 2.11. The van der Waals surface area contributed by atoms with E-state index < -0.39 is 0 Å². The molecule has 0 saturated heterocycles. The molecule has 1 atom stereocenters. The van der Waals surface area contributed by atoms with Gasteiger partial charge in [-0.2, -0.15) is 4.99 Å². The number of carbonyl (C=O) groups is 1. The zero-order valence-electron chi connectivity index (χ0n) is 17.0. The molecule has 0 aliphatic rings. The van der Waals surface area contributed by atoms with Crippen LogP contribution in [0.15, 0.2) is 53.5 Å². The van der Waals surface area contributed by atoms with Gasteiger partial charge in [-0.3, -0.25) is 0 Å². The van der Waals surface area contributed by atoms with Crippen molar-refractivity contribution in [2.24, 2.45) is 10.9 Å². The second-order valence-corrected chi connectivity index (χ2v) is 6.47.